The molecular formula is C24H19N3O5. The molecule has 1 aromatic heterocycles. The molecule has 0 aliphatic carbocycles. The number of hydrogen-bond acceptors (Lipinski definition) is 6. The molecule has 3 aromatic rings. The van der Waals surface area contributed by atoms with E-state index in [1.54, 1.807) is 24.4 Å². The van der Waals surface area contributed by atoms with E-state index in [4.69, 9.17) is 0 Å². The molecule has 0 radical (unpaired) electrons. The van der Waals surface area contributed by atoms with E-state index in [0.29, 0.717) is 11.3 Å². The van der Waals surface area contributed by atoms with E-state index in [9.17, 15) is 24.8 Å². The smallest absolute Gasteiger partial charge is 0.300 e. The first-order valence-corrected chi connectivity index (χ1v) is 9.82. The fourth-order valence-electron chi connectivity index (χ4n) is 3.93. The van der Waals surface area contributed by atoms with Crippen molar-refractivity contribution in [1.29, 1.82) is 0 Å². The highest BCUT2D eigenvalue weighted by molar-refractivity contribution is 6.51. The molecule has 160 valence electrons. The first kappa shape index (κ1) is 20.9. The van der Waals surface area contributed by atoms with E-state index in [1.807, 2.05) is 26.0 Å². The number of aliphatic hydroxyl groups is 1. The van der Waals surface area contributed by atoms with Gasteiger partial charge in [0.25, 0.3) is 17.4 Å². The van der Waals surface area contributed by atoms with Crippen molar-refractivity contribution in [1.82, 2.24) is 4.98 Å². The maximum absolute atomic E-state index is 13.2. The third-order valence-corrected chi connectivity index (χ3v) is 5.39. The minimum atomic E-state index is -0.940. The Morgan fingerprint density at radius 3 is 2.53 bits per heavy atom. The molecule has 8 heteroatoms. The van der Waals surface area contributed by atoms with Crippen LogP contribution < -0.4 is 4.90 Å². The summed E-state index contributed by atoms with van der Waals surface area (Å²) >= 11 is 0. The number of ketones is 1. The number of Topliss-reactive ketones (excluding diaryl/α,β-unsaturated/α-hetero) is 1. The van der Waals surface area contributed by atoms with Crippen molar-refractivity contribution in [2.45, 2.75) is 19.9 Å². The number of rotatable bonds is 4. The van der Waals surface area contributed by atoms with Crippen LogP contribution in [-0.2, 0) is 9.59 Å². The van der Waals surface area contributed by atoms with Gasteiger partial charge in [0, 0.05) is 35.8 Å². The number of non-ortho nitro benzene ring substituents is 1. The quantitative estimate of drug-likeness (QED) is 0.218. The van der Waals surface area contributed by atoms with Crippen LogP contribution >= 0.6 is 0 Å². The van der Waals surface area contributed by atoms with Gasteiger partial charge in [0.1, 0.15) is 5.76 Å². The molecule has 1 N–H and O–H groups in total. The van der Waals surface area contributed by atoms with Crippen molar-refractivity contribution >= 4 is 28.8 Å². The number of hydrogen-bond donors (Lipinski definition) is 1. The summed E-state index contributed by atoms with van der Waals surface area (Å²) in [5.74, 6) is -2.14. The lowest BCUT2D eigenvalue weighted by Crippen LogP contribution is -2.30. The SMILES string of the molecule is Cc1ccc(N2C(=O)C(=O)/C(=C(\O)c3cccc([N+](=O)[O-])c3)C2c2cccnc2)c(C)c1. The number of benzene rings is 2. The molecule has 1 aliphatic rings. The van der Waals surface area contributed by atoms with Crippen LogP contribution in [0, 0.1) is 24.0 Å². The number of amides is 1. The van der Waals surface area contributed by atoms with Crippen LogP contribution in [0.15, 0.2) is 72.6 Å². The van der Waals surface area contributed by atoms with Gasteiger partial charge >= 0.3 is 0 Å². The number of carbonyl (C=O) groups excluding carboxylic acids is 2. The molecule has 2 heterocycles. The number of aromatic nitrogens is 1. The summed E-state index contributed by atoms with van der Waals surface area (Å²) in [6.45, 7) is 3.76. The number of carbonyl (C=O) groups is 2. The van der Waals surface area contributed by atoms with Crippen LogP contribution in [0.3, 0.4) is 0 Å². The Morgan fingerprint density at radius 2 is 1.88 bits per heavy atom. The Morgan fingerprint density at radius 1 is 1.09 bits per heavy atom. The van der Waals surface area contributed by atoms with Crippen molar-refractivity contribution in [2.24, 2.45) is 0 Å². The van der Waals surface area contributed by atoms with E-state index in [-0.39, 0.29) is 16.8 Å². The lowest BCUT2D eigenvalue weighted by Gasteiger charge is -2.26. The van der Waals surface area contributed by atoms with Gasteiger partial charge in [-0.1, -0.05) is 35.9 Å². The van der Waals surface area contributed by atoms with Crippen LogP contribution in [0.4, 0.5) is 11.4 Å². The van der Waals surface area contributed by atoms with Gasteiger partial charge in [-0.05, 0) is 37.1 Å². The van der Waals surface area contributed by atoms with Crippen LogP contribution in [0.2, 0.25) is 0 Å². The lowest BCUT2D eigenvalue weighted by molar-refractivity contribution is -0.384. The summed E-state index contributed by atoms with van der Waals surface area (Å²) in [5.41, 5.74) is 2.53. The van der Waals surface area contributed by atoms with E-state index in [1.165, 1.54) is 35.4 Å². The molecule has 4 rings (SSSR count). The normalized spacial score (nSPS) is 17.6. The maximum Gasteiger partial charge on any atom is 0.300 e. The van der Waals surface area contributed by atoms with Gasteiger partial charge in [-0.25, -0.2) is 0 Å². The zero-order valence-corrected chi connectivity index (χ0v) is 17.4. The Balaban J connectivity index is 1.96. The van der Waals surface area contributed by atoms with Crippen LogP contribution in [-0.4, -0.2) is 26.7 Å². The van der Waals surface area contributed by atoms with Gasteiger partial charge < -0.3 is 5.11 Å². The second-order valence-electron chi connectivity index (χ2n) is 7.55. The molecule has 0 spiro atoms. The molecule has 8 nitrogen and oxygen atoms in total. The van der Waals surface area contributed by atoms with E-state index < -0.39 is 28.4 Å². The highest BCUT2D eigenvalue weighted by Crippen LogP contribution is 2.43. The number of aryl methyl sites for hydroxylation is 2. The number of nitro groups is 1. The third kappa shape index (κ3) is 3.51. The number of nitrogens with zero attached hydrogens (tertiary/aromatic N) is 3. The molecule has 1 aliphatic heterocycles. The summed E-state index contributed by atoms with van der Waals surface area (Å²) in [5, 5.41) is 22.2. The lowest BCUT2D eigenvalue weighted by atomic mass is 9.95. The molecule has 0 saturated carbocycles. The van der Waals surface area contributed by atoms with Crippen molar-refractivity contribution in [2.75, 3.05) is 4.90 Å². The van der Waals surface area contributed by atoms with E-state index in [0.717, 1.165) is 11.1 Å². The summed E-state index contributed by atoms with van der Waals surface area (Å²) in [4.78, 5) is 42.3. The van der Waals surface area contributed by atoms with Gasteiger partial charge in [-0.2, -0.15) is 0 Å². The van der Waals surface area contributed by atoms with E-state index in [2.05, 4.69) is 4.98 Å². The van der Waals surface area contributed by atoms with Gasteiger partial charge in [0.15, 0.2) is 0 Å². The molecular weight excluding hydrogens is 410 g/mol. The maximum atomic E-state index is 13.2. The van der Waals surface area contributed by atoms with Gasteiger partial charge in [0.05, 0.1) is 16.5 Å². The summed E-state index contributed by atoms with van der Waals surface area (Å²) in [6.07, 6.45) is 3.08. The Labute approximate surface area is 183 Å². The Hall–Kier alpha value is -4.33. The highest BCUT2D eigenvalue weighted by atomic mass is 16.6. The molecule has 0 bridgehead atoms. The van der Waals surface area contributed by atoms with Gasteiger partial charge in [0.2, 0.25) is 0 Å². The van der Waals surface area contributed by atoms with Crippen molar-refractivity contribution in [3.05, 3.63) is 105 Å². The first-order chi connectivity index (χ1) is 15.3. The van der Waals surface area contributed by atoms with Gasteiger partial charge in [-0.3, -0.25) is 29.6 Å². The topological polar surface area (TPSA) is 114 Å². The number of aliphatic hydroxyl groups excluding tert-OH is 1. The average Bonchev–Trinajstić information content (AvgIpc) is 3.04. The fraction of sp³-hybridized carbons (Fsp3) is 0.125. The second kappa shape index (κ2) is 8.07. The second-order valence-corrected chi connectivity index (χ2v) is 7.55. The molecule has 1 amide bonds. The summed E-state index contributed by atoms with van der Waals surface area (Å²) < 4.78 is 0. The number of pyridine rings is 1. The third-order valence-electron chi connectivity index (χ3n) is 5.39. The molecule has 1 saturated heterocycles. The largest absolute Gasteiger partial charge is 0.507 e. The molecule has 1 atom stereocenters. The minimum Gasteiger partial charge on any atom is -0.507 e. The zero-order valence-electron chi connectivity index (χ0n) is 17.4. The Kier molecular flexibility index (Phi) is 5.28. The average molecular weight is 429 g/mol. The first-order valence-electron chi connectivity index (χ1n) is 9.82. The number of anilines is 1. The number of nitro benzene ring substituents is 1. The molecule has 1 fully saturated rings. The van der Waals surface area contributed by atoms with Gasteiger partial charge in [-0.15, -0.1) is 0 Å². The standard InChI is InChI=1S/C24H19N3O5/c1-14-8-9-19(15(2)11-14)26-21(17-6-4-10-25-13-17)20(23(29)24(26)30)22(28)16-5-3-7-18(12-16)27(31)32/h3-13,21,28H,1-2H3/b22-20-. The van der Waals surface area contributed by atoms with Crippen LogP contribution in [0.25, 0.3) is 5.76 Å². The summed E-state index contributed by atoms with van der Waals surface area (Å²) in [6, 6.07) is 13.2. The van der Waals surface area contributed by atoms with Crippen LogP contribution in [0.5, 0.6) is 0 Å². The minimum absolute atomic E-state index is 0.0757. The van der Waals surface area contributed by atoms with Crippen molar-refractivity contribution in [3.8, 4) is 0 Å². The van der Waals surface area contributed by atoms with Crippen LogP contribution in [0.1, 0.15) is 28.3 Å². The van der Waals surface area contributed by atoms with E-state index >= 15 is 0 Å². The molecule has 1 unspecified atom stereocenters. The highest BCUT2D eigenvalue weighted by Gasteiger charge is 2.47. The fourth-order valence-corrected chi connectivity index (χ4v) is 3.93. The monoisotopic (exact) mass is 429 g/mol. The summed E-state index contributed by atoms with van der Waals surface area (Å²) in [7, 11) is 0. The van der Waals surface area contributed by atoms with Crippen molar-refractivity contribution < 1.29 is 19.6 Å². The Bertz CT molecular complexity index is 1280. The zero-order chi connectivity index (χ0) is 23.0. The molecule has 2 aromatic carbocycles. The molecule has 32 heavy (non-hydrogen) atoms. The van der Waals surface area contributed by atoms with Crippen molar-refractivity contribution in [3.63, 3.8) is 0 Å². The predicted octanol–water partition coefficient (Wildman–Crippen LogP) is 4.23. The predicted molar refractivity (Wildman–Crippen MR) is 118 cm³/mol.